The SMILES string of the molecule is C\C=C/C(N)=C(\C=N/N)C(C)C. The van der Waals surface area contributed by atoms with Crippen LogP contribution in [-0.4, -0.2) is 6.21 Å². The molecule has 0 atom stereocenters. The van der Waals surface area contributed by atoms with Gasteiger partial charge in [0.15, 0.2) is 0 Å². The average Bonchev–Trinajstić information content (AvgIpc) is 1.99. The number of allylic oxidation sites excluding steroid dienone is 3. The molecular weight excluding hydrogens is 150 g/mol. The molecule has 0 unspecified atom stereocenters. The molecule has 0 fully saturated rings. The lowest BCUT2D eigenvalue weighted by atomic mass is 10.0. The summed E-state index contributed by atoms with van der Waals surface area (Å²) in [6.07, 6.45) is 5.33. The van der Waals surface area contributed by atoms with Gasteiger partial charge >= 0.3 is 0 Å². The molecule has 0 aromatic rings. The van der Waals surface area contributed by atoms with Gasteiger partial charge in [0.05, 0.1) is 6.21 Å². The van der Waals surface area contributed by atoms with Crippen molar-refractivity contribution >= 4 is 6.21 Å². The van der Waals surface area contributed by atoms with Crippen LogP contribution in [0.25, 0.3) is 0 Å². The van der Waals surface area contributed by atoms with Gasteiger partial charge in [-0.2, -0.15) is 5.10 Å². The third-order valence-electron chi connectivity index (χ3n) is 1.52. The van der Waals surface area contributed by atoms with E-state index < -0.39 is 0 Å². The van der Waals surface area contributed by atoms with Gasteiger partial charge in [-0.3, -0.25) is 0 Å². The van der Waals surface area contributed by atoms with Crippen molar-refractivity contribution in [2.24, 2.45) is 22.6 Å². The first-order valence-corrected chi connectivity index (χ1v) is 3.99. The number of nitrogens with zero attached hydrogens (tertiary/aromatic N) is 1. The topological polar surface area (TPSA) is 64.4 Å². The number of hydrazone groups is 1. The molecule has 0 radical (unpaired) electrons. The predicted molar refractivity (Wildman–Crippen MR) is 53.5 cm³/mol. The van der Waals surface area contributed by atoms with E-state index in [2.05, 4.69) is 5.10 Å². The van der Waals surface area contributed by atoms with Crippen LogP contribution in [0.2, 0.25) is 0 Å². The fourth-order valence-electron chi connectivity index (χ4n) is 0.913. The highest BCUT2D eigenvalue weighted by Gasteiger charge is 2.03. The molecule has 0 rings (SSSR count). The first kappa shape index (κ1) is 10.8. The molecule has 0 aliphatic carbocycles. The van der Waals surface area contributed by atoms with Crippen LogP contribution in [0.3, 0.4) is 0 Å². The summed E-state index contributed by atoms with van der Waals surface area (Å²) in [5, 5.41) is 3.46. The van der Waals surface area contributed by atoms with E-state index in [1.165, 1.54) is 0 Å². The monoisotopic (exact) mass is 167 g/mol. The van der Waals surface area contributed by atoms with Gasteiger partial charge in [0.1, 0.15) is 0 Å². The number of hydrogen-bond acceptors (Lipinski definition) is 3. The van der Waals surface area contributed by atoms with Crippen molar-refractivity contribution in [2.45, 2.75) is 20.8 Å². The lowest BCUT2D eigenvalue weighted by molar-refractivity contribution is 0.796. The summed E-state index contributed by atoms with van der Waals surface area (Å²) >= 11 is 0. The van der Waals surface area contributed by atoms with Crippen molar-refractivity contribution in [3.8, 4) is 0 Å². The minimum absolute atomic E-state index is 0.341. The maximum atomic E-state index is 5.76. The number of rotatable bonds is 3. The van der Waals surface area contributed by atoms with Gasteiger partial charge < -0.3 is 11.6 Å². The molecule has 0 aliphatic heterocycles. The van der Waals surface area contributed by atoms with Gasteiger partial charge in [0, 0.05) is 5.70 Å². The highest BCUT2D eigenvalue weighted by Crippen LogP contribution is 2.10. The highest BCUT2D eigenvalue weighted by molar-refractivity contribution is 5.80. The summed E-state index contributed by atoms with van der Waals surface area (Å²) in [4.78, 5) is 0. The van der Waals surface area contributed by atoms with Gasteiger partial charge in [-0.15, -0.1) is 0 Å². The third kappa shape index (κ3) is 3.23. The summed E-state index contributed by atoms with van der Waals surface area (Å²) in [5.41, 5.74) is 7.45. The fourth-order valence-corrected chi connectivity index (χ4v) is 0.913. The van der Waals surface area contributed by atoms with Crippen molar-refractivity contribution in [2.75, 3.05) is 0 Å². The van der Waals surface area contributed by atoms with Crippen LogP contribution in [0.5, 0.6) is 0 Å². The van der Waals surface area contributed by atoms with Crippen molar-refractivity contribution in [1.82, 2.24) is 0 Å². The molecule has 4 N–H and O–H groups in total. The summed E-state index contributed by atoms with van der Waals surface area (Å²) in [7, 11) is 0. The van der Waals surface area contributed by atoms with E-state index in [9.17, 15) is 0 Å². The number of nitrogens with two attached hydrogens (primary N) is 2. The molecule has 3 heteroatoms. The van der Waals surface area contributed by atoms with Crippen molar-refractivity contribution < 1.29 is 0 Å². The van der Waals surface area contributed by atoms with Gasteiger partial charge in [0.2, 0.25) is 0 Å². The van der Waals surface area contributed by atoms with Crippen molar-refractivity contribution in [3.05, 3.63) is 23.4 Å². The lowest BCUT2D eigenvalue weighted by Gasteiger charge is -2.07. The van der Waals surface area contributed by atoms with Crippen LogP contribution in [0, 0.1) is 5.92 Å². The second-order valence-corrected chi connectivity index (χ2v) is 2.84. The first-order chi connectivity index (χ1) is 5.63. The van der Waals surface area contributed by atoms with Crippen LogP contribution in [0.4, 0.5) is 0 Å². The maximum Gasteiger partial charge on any atom is 0.0520 e. The zero-order chi connectivity index (χ0) is 9.56. The first-order valence-electron chi connectivity index (χ1n) is 3.99. The van der Waals surface area contributed by atoms with E-state index in [4.69, 9.17) is 11.6 Å². The quantitative estimate of drug-likeness (QED) is 0.288. The molecule has 0 amide bonds. The zero-order valence-electron chi connectivity index (χ0n) is 7.91. The van der Waals surface area contributed by atoms with Crippen LogP contribution in [0.15, 0.2) is 28.5 Å². The molecular formula is C9H17N3. The summed E-state index contributed by atoms with van der Waals surface area (Å²) in [6, 6.07) is 0. The Hall–Kier alpha value is -1.25. The smallest absolute Gasteiger partial charge is 0.0520 e. The average molecular weight is 167 g/mol. The Morgan fingerprint density at radius 1 is 1.42 bits per heavy atom. The van der Waals surface area contributed by atoms with Crippen LogP contribution >= 0.6 is 0 Å². The molecule has 0 saturated carbocycles. The number of hydrogen-bond donors (Lipinski definition) is 2. The molecule has 3 nitrogen and oxygen atoms in total. The van der Waals surface area contributed by atoms with Gasteiger partial charge in [-0.25, -0.2) is 0 Å². The normalized spacial score (nSPS) is 14.7. The van der Waals surface area contributed by atoms with Crippen LogP contribution in [-0.2, 0) is 0 Å². The molecule has 0 aromatic heterocycles. The van der Waals surface area contributed by atoms with Crippen LogP contribution in [0.1, 0.15) is 20.8 Å². The van der Waals surface area contributed by atoms with E-state index in [0.717, 1.165) is 11.3 Å². The standard InChI is InChI=1S/C9H17N3/c1-4-5-9(10)8(6-12-11)7(2)3/h4-7H,10-11H2,1-3H3/b5-4-,9-8-,12-6-. The molecule has 12 heavy (non-hydrogen) atoms. The molecule has 0 spiro atoms. The van der Waals surface area contributed by atoms with Gasteiger partial charge in [-0.05, 0) is 24.5 Å². The van der Waals surface area contributed by atoms with Crippen molar-refractivity contribution in [3.63, 3.8) is 0 Å². The molecule has 0 saturated heterocycles. The molecule has 0 heterocycles. The third-order valence-corrected chi connectivity index (χ3v) is 1.52. The fraction of sp³-hybridized carbons (Fsp3) is 0.444. The zero-order valence-corrected chi connectivity index (χ0v) is 7.91. The maximum absolute atomic E-state index is 5.76. The van der Waals surface area contributed by atoms with Gasteiger partial charge in [0.25, 0.3) is 0 Å². The Morgan fingerprint density at radius 3 is 2.33 bits per heavy atom. The summed E-state index contributed by atoms with van der Waals surface area (Å²) < 4.78 is 0. The largest absolute Gasteiger partial charge is 0.398 e. The summed E-state index contributed by atoms with van der Waals surface area (Å²) in [6.45, 7) is 6.02. The summed E-state index contributed by atoms with van der Waals surface area (Å²) in [5.74, 6) is 5.40. The lowest BCUT2D eigenvalue weighted by Crippen LogP contribution is -2.07. The van der Waals surface area contributed by atoms with E-state index >= 15 is 0 Å². The molecule has 0 aliphatic rings. The van der Waals surface area contributed by atoms with Gasteiger partial charge in [-0.1, -0.05) is 19.9 Å². The molecule has 68 valence electrons. The Bertz CT molecular complexity index is 212. The van der Waals surface area contributed by atoms with E-state index in [-0.39, 0.29) is 0 Å². The second-order valence-electron chi connectivity index (χ2n) is 2.84. The predicted octanol–water partition coefficient (Wildman–Crippen LogP) is 1.38. The minimum atomic E-state index is 0.341. The Balaban J connectivity index is 4.79. The van der Waals surface area contributed by atoms with E-state index in [1.54, 1.807) is 6.21 Å². The second kappa shape index (κ2) is 5.41. The minimum Gasteiger partial charge on any atom is -0.398 e. The molecule has 0 aromatic carbocycles. The molecule has 0 bridgehead atoms. The van der Waals surface area contributed by atoms with Crippen LogP contribution < -0.4 is 11.6 Å². The van der Waals surface area contributed by atoms with E-state index in [0.29, 0.717) is 5.92 Å². The highest BCUT2D eigenvalue weighted by atomic mass is 15.1. The Morgan fingerprint density at radius 2 is 2.00 bits per heavy atom. The van der Waals surface area contributed by atoms with E-state index in [1.807, 2.05) is 32.9 Å². The van der Waals surface area contributed by atoms with Crippen molar-refractivity contribution in [1.29, 1.82) is 0 Å². The Labute approximate surface area is 73.8 Å². The Kier molecular flexibility index (Phi) is 4.84.